The van der Waals surface area contributed by atoms with Crippen molar-refractivity contribution in [2.75, 3.05) is 0 Å². The summed E-state index contributed by atoms with van der Waals surface area (Å²) in [7, 11) is 0. The fourth-order valence-electron chi connectivity index (χ4n) is 3.71. The standard InChI is InChI=1S/C20H26FNO2/c1-13-8-9-18(21)17(10-13)14-11-15-6-5-7-16(12-14)22(15)19(23)24-20(2,3)4/h8-11,15-16H,5-7,12H2,1-4H3. The molecule has 2 atom stereocenters. The van der Waals surface area contributed by atoms with Crippen LogP contribution in [0.25, 0.3) is 5.57 Å². The first-order valence-corrected chi connectivity index (χ1v) is 8.73. The van der Waals surface area contributed by atoms with Gasteiger partial charge in [-0.15, -0.1) is 0 Å². The van der Waals surface area contributed by atoms with E-state index in [4.69, 9.17) is 4.74 Å². The van der Waals surface area contributed by atoms with Crippen molar-refractivity contribution in [3.8, 4) is 0 Å². The van der Waals surface area contributed by atoms with E-state index in [0.717, 1.165) is 30.4 Å². The molecule has 3 rings (SSSR count). The zero-order chi connectivity index (χ0) is 17.5. The lowest BCUT2D eigenvalue weighted by atomic mass is 9.82. The number of halogens is 1. The number of hydrogen-bond donors (Lipinski definition) is 0. The molecule has 2 heterocycles. The van der Waals surface area contributed by atoms with E-state index >= 15 is 0 Å². The van der Waals surface area contributed by atoms with Gasteiger partial charge in [-0.05, 0) is 71.1 Å². The predicted octanol–water partition coefficient (Wildman–Crippen LogP) is 5.08. The molecule has 4 heteroatoms. The van der Waals surface area contributed by atoms with E-state index in [0.29, 0.717) is 12.0 Å². The van der Waals surface area contributed by atoms with Crippen LogP contribution >= 0.6 is 0 Å². The minimum Gasteiger partial charge on any atom is -0.444 e. The molecule has 0 aliphatic carbocycles. The number of aryl methyl sites for hydroxylation is 1. The third-order valence-corrected chi connectivity index (χ3v) is 4.71. The molecule has 2 aliphatic heterocycles. The van der Waals surface area contributed by atoms with Gasteiger partial charge in [-0.3, -0.25) is 4.90 Å². The topological polar surface area (TPSA) is 29.5 Å². The first-order valence-electron chi connectivity index (χ1n) is 8.73. The van der Waals surface area contributed by atoms with Gasteiger partial charge >= 0.3 is 6.09 Å². The van der Waals surface area contributed by atoms with Crippen LogP contribution in [0.5, 0.6) is 0 Å². The van der Waals surface area contributed by atoms with Crippen LogP contribution in [0.4, 0.5) is 9.18 Å². The van der Waals surface area contributed by atoms with Crippen LogP contribution in [0.2, 0.25) is 0 Å². The highest BCUT2D eigenvalue weighted by Crippen LogP contribution is 2.38. The van der Waals surface area contributed by atoms with E-state index in [1.54, 1.807) is 6.07 Å². The Balaban J connectivity index is 1.90. The van der Waals surface area contributed by atoms with Gasteiger partial charge < -0.3 is 4.74 Å². The molecule has 2 bridgehead atoms. The van der Waals surface area contributed by atoms with Crippen molar-refractivity contribution in [3.63, 3.8) is 0 Å². The van der Waals surface area contributed by atoms with Gasteiger partial charge in [-0.2, -0.15) is 0 Å². The summed E-state index contributed by atoms with van der Waals surface area (Å²) in [4.78, 5) is 14.5. The van der Waals surface area contributed by atoms with E-state index in [2.05, 4.69) is 6.08 Å². The highest BCUT2D eigenvalue weighted by Gasteiger charge is 2.39. The first-order chi connectivity index (χ1) is 11.2. The van der Waals surface area contributed by atoms with Crippen LogP contribution in [0.1, 0.15) is 57.6 Å². The largest absolute Gasteiger partial charge is 0.444 e. The normalized spacial score (nSPS) is 23.7. The molecule has 1 fully saturated rings. The summed E-state index contributed by atoms with van der Waals surface area (Å²) in [5, 5.41) is 0. The molecule has 1 saturated heterocycles. The van der Waals surface area contributed by atoms with Gasteiger partial charge in [0.25, 0.3) is 0 Å². The average molecular weight is 331 g/mol. The molecular formula is C20H26FNO2. The van der Waals surface area contributed by atoms with Gasteiger partial charge in [0, 0.05) is 11.6 Å². The molecule has 0 radical (unpaired) electrons. The van der Waals surface area contributed by atoms with Crippen LogP contribution in [-0.4, -0.2) is 28.7 Å². The monoisotopic (exact) mass is 331 g/mol. The second kappa shape index (κ2) is 6.23. The number of benzene rings is 1. The highest BCUT2D eigenvalue weighted by atomic mass is 19.1. The summed E-state index contributed by atoms with van der Waals surface area (Å²) in [5.74, 6) is -0.185. The average Bonchev–Trinajstić information content (AvgIpc) is 2.46. The summed E-state index contributed by atoms with van der Waals surface area (Å²) in [5.41, 5.74) is 2.24. The number of fused-ring (bicyclic) bond motifs is 2. The Labute approximate surface area is 143 Å². The lowest BCUT2D eigenvalue weighted by molar-refractivity contribution is 0.0000777. The summed E-state index contributed by atoms with van der Waals surface area (Å²) >= 11 is 0. The minimum absolute atomic E-state index is 0.00209. The van der Waals surface area contributed by atoms with Gasteiger partial charge in [-0.25, -0.2) is 9.18 Å². The third-order valence-electron chi connectivity index (χ3n) is 4.71. The van der Waals surface area contributed by atoms with Crippen LogP contribution in [-0.2, 0) is 4.74 Å². The lowest BCUT2D eigenvalue weighted by Gasteiger charge is -2.45. The van der Waals surface area contributed by atoms with Crippen molar-refractivity contribution in [1.29, 1.82) is 0 Å². The molecule has 0 spiro atoms. The Morgan fingerprint density at radius 3 is 2.71 bits per heavy atom. The zero-order valence-electron chi connectivity index (χ0n) is 14.9. The maximum atomic E-state index is 14.3. The Morgan fingerprint density at radius 1 is 1.29 bits per heavy atom. The number of hydrogen-bond acceptors (Lipinski definition) is 2. The quantitative estimate of drug-likeness (QED) is 0.718. The molecule has 0 saturated carbocycles. The summed E-state index contributed by atoms with van der Waals surface area (Å²) in [6.45, 7) is 7.62. The summed E-state index contributed by atoms with van der Waals surface area (Å²) in [6.07, 6.45) is 5.45. The predicted molar refractivity (Wildman–Crippen MR) is 93.2 cm³/mol. The molecule has 0 aromatic heterocycles. The van der Waals surface area contributed by atoms with Crippen molar-refractivity contribution in [2.45, 2.75) is 71.1 Å². The molecule has 0 N–H and O–H groups in total. The number of amides is 1. The number of carbonyl (C=O) groups excluding carboxylic acids is 1. The smallest absolute Gasteiger partial charge is 0.411 e. The lowest BCUT2D eigenvalue weighted by Crippen LogP contribution is -2.53. The molecule has 2 aliphatic rings. The maximum Gasteiger partial charge on any atom is 0.411 e. The van der Waals surface area contributed by atoms with Crippen LogP contribution in [0, 0.1) is 12.7 Å². The van der Waals surface area contributed by atoms with Crippen LogP contribution in [0.15, 0.2) is 24.3 Å². The van der Waals surface area contributed by atoms with Crippen LogP contribution < -0.4 is 0 Å². The van der Waals surface area contributed by atoms with E-state index in [-0.39, 0.29) is 24.0 Å². The Hall–Kier alpha value is -1.84. The summed E-state index contributed by atoms with van der Waals surface area (Å²) < 4.78 is 19.8. The van der Waals surface area contributed by atoms with Crippen LogP contribution in [0.3, 0.4) is 0 Å². The molecular weight excluding hydrogens is 305 g/mol. The molecule has 24 heavy (non-hydrogen) atoms. The van der Waals surface area contributed by atoms with Crippen molar-refractivity contribution >= 4 is 11.7 Å². The highest BCUT2D eigenvalue weighted by molar-refractivity contribution is 5.75. The van der Waals surface area contributed by atoms with Crippen molar-refractivity contribution in [2.24, 2.45) is 0 Å². The Morgan fingerprint density at radius 2 is 2.04 bits per heavy atom. The Kier molecular flexibility index (Phi) is 4.41. The molecule has 1 aromatic rings. The molecule has 2 unspecified atom stereocenters. The zero-order valence-corrected chi connectivity index (χ0v) is 14.9. The van der Waals surface area contributed by atoms with Gasteiger partial charge in [0.05, 0.1) is 6.04 Å². The van der Waals surface area contributed by atoms with E-state index in [1.807, 2.05) is 38.7 Å². The fourth-order valence-corrected chi connectivity index (χ4v) is 3.71. The summed E-state index contributed by atoms with van der Waals surface area (Å²) in [6, 6.07) is 5.32. The first kappa shape index (κ1) is 17.0. The van der Waals surface area contributed by atoms with Gasteiger partial charge in [0.2, 0.25) is 0 Å². The maximum absolute atomic E-state index is 14.3. The molecule has 3 nitrogen and oxygen atoms in total. The van der Waals surface area contributed by atoms with Crippen molar-refractivity contribution < 1.29 is 13.9 Å². The minimum atomic E-state index is -0.502. The SMILES string of the molecule is Cc1ccc(F)c(C2=CC3CCCC(C2)N3C(=O)OC(C)(C)C)c1. The second-order valence-corrected chi connectivity index (χ2v) is 7.92. The molecule has 1 aromatic carbocycles. The van der Waals surface area contributed by atoms with E-state index in [1.165, 1.54) is 6.07 Å². The second-order valence-electron chi connectivity index (χ2n) is 7.92. The number of rotatable bonds is 1. The molecule has 1 amide bonds. The fraction of sp³-hybridized carbons (Fsp3) is 0.550. The number of nitrogens with zero attached hydrogens (tertiary/aromatic N) is 1. The van der Waals surface area contributed by atoms with E-state index < -0.39 is 5.60 Å². The molecule has 130 valence electrons. The van der Waals surface area contributed by atoms with Gasteiger partial charge in [0.15, 0.2) is 0 Å². The van der Waals surface area contributed by atoms with Gasteiger partial charge in [-0.1, -0.05) is 17.7 Å². The van der Waals surface area contributed by atoms with Crippen molar-refractivity contribution in [3.05, 3.63) is 41.2 Å². The third kappa shape index (κ3) is 3.47. The van der Waals surface area contributed by atoms with E-state index in [9.17, 15) is 9.18 Å². The number of piperidine rings is 1. The Bertz CT molecular complexity index is 675. The van der Waals surface area contributed by atoms with Gasteiger partial charge in [0.1, 0.15) is 11.4 Å². The number of ether oxygens (including phenoxy) is 1. The number of carbonyl (C=O) groups is 1. The van der Waals surface area contributed by atoms with Crippen molar-refractivity contribution in [1.82, 2.24) is 4.90 Å².